The molecule has 0 aromatic heterocycles. The number of hydrogen-bond acceptors (Lipinski definition) is 3. The molecule has 102 valence electrons. The summed E-state index contributed by atoms with van der Waals surface area (Å²) < 4.78 is 0. The minimum Gasteiger partial charge on any atom is -0.382 e. The number of amides is 1. The van der Waals surface area contributed by atoms with Crippen LogP contribution in [-0.4, -0.2) is 25.0 Å². The Morgan fingerprint density at radius 3 is 2.26 bits per heavy atom. The monoisotopic (exact) mass is 259 g/mol. The topological polar surface area (TPSA) is 53.2 Å². The molecule has 1 aliphatic heterocycles. The quantitative estimate of drug-likeness (QED) is 0.777. The first-order valence-electron chi connectivity index (χ1n) is 7.19. The normalized spacial score (nSPS) is 20.0. The predicted octanol–water partition coefficient (Wildman–Crippen LogP) is 2.20. The van der Waals surface area contributed by atoms with Gasteiger partial charge in [0, 0.05) is 23.3 Å². The largest absolute Gasteiger partial charge is 0.382 e. The molecule has 2 aliphatic rings. The van der Waals surface area contributed by atoms with Crippen molar-refractivity contribution in [1.29, 1.82) is 0 Å². The number of carbonyl (C=O) groups is 1. The molecule has 1 saturated heterocycles. The maximum absolute atomic E-state index is 11.6. The molecule has 4 nitrogen and oxygen atoms in total. The van der Waals surface area contributed by atoms with Crippen LogP contribution in [0.3, 0.4) is 0 Å². The van der Waals surface area contributed by atoms with Crippen molar-refractivity contribution >= 4 is 17.3 Å². The summed E-state index contributed by atoms with van der Waals surface area (Å²) >= 11 is 0. The first kappa shape index (κ1) is 12.5. The maximum atomic E-state index is 11.6. The smallest absolute Gasteiger partial charge is 0.227 e. The summed E-state index contributed by atoms with van der Waals surface area (Å²) in [6, 6.07) is 8.61. The molecule has 0 radical (unpaired) electrons. The van der Waals surface area contributed by atoms with E-state index in [9.17, 15) is 4.79 Å². The van der Waals surface area contributed by atoms with Crippen molar-refractivity contribution < 1.29 is 4.79 Å². The number of nitrogens with one attached hydrogen (secondary N) is 3. The fourth-order valence-electron chi connectivity index (χ4n) is 2.44. The van der Waals surface area contributed by atoms with Gasteiger partial charge < -0.3 is 16.0 Å². The first-order valence-corrected chi connectivity index (χ1v) is 7.19. The Morgan fingerprint density at radius 1 is 1.00 bits per heavy atom. The van der Waals surface area contributed by atoms with Gasteiger partial charge in [0.2, 0.25) is 5.91 Å². The molecule has 4 heteroatoms. The van der Waals surface area contributed by atoms with E-state index >= 15 is 0 Å². The molecule has 0 unspecified atom stereocenters. The zero-order valence-corrected chi connectivity index (χ0v) is 11.1. The molecule has 0 atom stereocenters. The van der Waals surface area contributed by atoms with Crippen LogP contribution in [0.15, 0.2) is 24.3 Å². The van der Waals surface area contributed by atoms with E-state index < -0.39 is 0 Å². The van der Waals surface area contributed by atoms with Crippen LogP contribution >= 0.6 is 0 Å². The highest BCUT2D eigenvalue weighted by atomic mass is 16.2. The van der Waals surface area contributed by atoms with E-state index in [1.165, 1.54) is 12.8 Å². The third kappa shape index (κ3) is 3.47. The third-order valence-electron chi connectivity index (χ3n) is 3.81. The molecule has 1 aliphatic carbocycles. The molecule has 1 amide bonds. The van der Waals surface area contributed by atoms with Gasteiger partial charge in [-0.25, -0.2) is 0 Å². The van der Waals surface area contributed by atoms with E-state index in [1.807, 2.05) is 24.3 Å². The number of anilines is 2. The van der Waals surface area contributed by atoms with Gasteiger partial charge in [-0.1, -0.05) is 0 Å². The molecule has 19 heavy (non-hydrogen) atoms. The minimum absolute atomic E-state index is 0.166. The van der Waals surface area contributed by atoms with Crippen molar-refractivity contribution in [2.45, 2.75) is 31.7 Å². The maximum Gasteiger partial charge on any atom is 0.227 e. The van der Waals surface area contributed by atoms with Crippen LogP contribution in [0, 0.1) is 5.92 Å². The van der Waals surface area contributed by atoms with Gasteiger partial charge >= 0.3 is 0 Å². The Morgan fingerprint density at radius 2 is 1.63 bits per heavy atom. The van der Waals surface area contributed by atoms with Crippen LogP contribution in [-0.2, 0) is 4.79 Å². The Labute approximate surface area is 114 Å². The second-order valence-electron chi connectivity index (χ2n) is 5.51. The van der Waals surface area contributed by atoms with Crippen molar-refractivity contribution in [1.82, 2.24) is 5.32 Å². The SMILES string of the molecule is O=C(Nc1ccc(NC2CCNCC2)cc1)C1CC1. The average molecular weight is 259 g/mol. The lowest BCUT2D eigenvalue weighted by molar-refractivity contribution is -0.117. The van der Waals surface area contributed by atoms with Crippen LogP contribution in [0.5, 0.6) is 0 Å². The summed E-state index contributed by atoms with van der Waals surface area (Å²) in [6.45, 7) is 2.18. The Hall–Kier alpha value is -1.55. The fraction of sp³-hybridized carbons (Fsp3) is 0.533. The molecule has 1 aromatic rings. The summed E-state index contributed by atoms with van der Waals surface area (Å²) in [7, 11) is 0. The molecule has 1 aromatic carbocycles. The van der Waals surface area contributed by atoms with E-state index in [2.05, 4.69) is 16.0 Å². The Balaban J connectivity index is 1.54. The van der Waals surface area contributed by atoms with Gasteiger partial charge in [0.05, 0.1) is 0 Å². The van der Waals surface area contributed by atoms with E-state index in [0.717, 1.165) is 37.3 Å². The Bertz CT molecular complexity index is 433. The summed E-state index contributed by atoms with van der Waals surface area (Å²) in [6.07, 6.45) is 4.42. The first-order chi connectivity index (χ1) is 9.31. The van der Waals surface area contributed by atoms with Gasteiger partial charge in [-0.2, -0.15) is 0 Å². The van der Waals surface area contributed by atoms with Crippen molar-refractivity contribution in [3.05, 3.63) is 24.3 Å². The van der Waals surface area contributed by atoms with Gasteiger partial charge in [-0.3, -0.25) is 4.79 Å². The number of hydrogen-bond donors (Lipinski definition) is 3. The molecule has 1 heterocycles. The lowest BCUT2D eigenvalue weighted by atomic mass is 10.1. The van der Waals surface area contributed by atoms with E-state index in [0.29, 0.717) is 6.04 Å². The number of benzene rings is 1. The molecule has 3 rings (SSSR count). The fourth-order valence-corrected chi connectivity index (χ4v) is 2.44. The molecule has 3 N–H and O–H groups in total. The van der Waals surface area contributed by atoms with Gasteiger partial charge in [0.15, 0.2) is 0 Å². The lowest BCUT2D eigenvalue weighted by Crippen LogP contribution is -2.35. The molecule has 0 spiro atoms. The minimum atomic E-state index is 0.166. The van der Waals surface area contributed by atoms with E-state index in [-0.39, 0.29) is 11.8 Å². The van der Waals surface area contributed by atoms with Crippen LogP contribution in [0.1, 0.15) is 25.7 Å². The van der Waals surface area contributed by atoms with Crippen molar-refractivity contribution in [2.75, 3.05) is 23.7 Å². The highest BCUT2D eigenvalue weighted by Gasteiger charge is 2.29. The zero-order valence-electron chi connectivity index (χ0n) is 11.1. The second kappa shape index (κ2) is 5.61. The van der Waals surface area contributed by atoms with E-state index in [4.69, 9.17) is 0 Å². The Kier molecular flexibility index (Phi) is 3.69. The molecular weight excluding hydrogens is 238 g/mol. The summed E-state index contributed by atoms with van der Waals surface area (Å²) in [5.74, 6) is 0.423. The van der Waals surface area contributed by atoms with Gasteiger partial charge in [-0.05, 0) is 63.0 Å². The van der Waals surface area contributed by atoms with Gasteiger partial charge in [0.1, 0.15) is 0 Å². The number of rotatable bonds is 4. The molecular formula is C15H21N3O. The zero-order chi connectivity index (χ0) is 13.1. The molecule has 0 bridgehead atoms. The summed E-state index contributed by atoms with van der Waals surface area (Å²) in [5.41, 5.74) is 2.03. The van der Waals surface area contributed by atoms with Crippen LogP contribution in [0.2, 0.25) is 0 Å². The lowest BCUT2D eigenvalue weighted by Gasteiger charge is -2.24. The second-order valence-corrected chi connectivity index (χ2v) is 5.51. The van der Waals surface area contributed by atoms with E-state index in [1.54, 1.807) is 0 Å². The van der Waals surface area contributed by atoms with Crippen LogP contribution in [0.4, 0.5) is 11.4 Å². The third-order valence-corrected chi connectivity index (χ3v) is 3.81. The number of piperidine rings is 1. The predicted molar refractivity (Wildman–Crippen MR) is 77.3 cm³/mol. The standard InChI is InChI=1S/C15H21N3O/c19-15(11-1-2-11)18-13-5-3-12(4-6-13)17-14-7-9-16-10-8-14/h3-6,11,14,16-17H,1-2,7-10H2,(H,18,19). The van der Waals surface area contributed by atoms with Gasteiger partial charge in [-0.15, -0.1) is 0 Å². The molecule has 1 saturated carbocycles. The van der Waals surface area contributed by atoms with Crippen LogP contribution in [0.25, 0.3) is 0 Å². The van der Waals surface area contributed by atoms with Gasteiger partial charge in [0.25, 0.3) is 0 Å². The summed E-state index contributed by atoms with van der Waals surface area (Å²) in [4.78, 5) is 11.6. The summed E-state index contributed by atoms with van der Waals surface area (Å²) in [5, 5.41) is 9.86. The average Bonchev–Trinajstić information content (AvgIpc) is 3.27. The van der Waals surface area contributed by atoms with Crippen molar-refractivity contribution in [3.63, 3.8) is 0 Å². The highest BCUT2D eigenvalue weighted by molar-refractivity contribution is 5.94. The number of carbonyl (C=O) groups excluding carboxylic acids is 1. The van der Waals surface area contributed by atoms with Crippen LogP contribution < -0.4 is 16.0 Å². The molecule has 2 fully saturated rings. The highest BCUT2D eigenvalue weighted by Crippen LogP contribution is 2.30. The van der Waals surface area contributed by atoms with Crippen molar-refractivity contribution in [2.24, 2.45) is 5.92 Å². The van der Waals surface area contributed by atoms with Crippen molar-refractivity contribution in [3.8, 4) is 0 Å².